The normalized spacial score (nSPS) is 11.5. The van der Waals surface area contributed by atoms with Gasteiger partial charge in [-0.3, -0.25) is 0 Å². The molecule has 2 heteroatoms. The monoisotopic (exact) mass is 275 g/mol. The Hall–Kier alpha value is -2.37. The number of nitriles is 1. The molecule has 0 fully saturated rings. The van der Waals surface area contributed by atoms with Crippen LogP contribution in [-0.2, 0) is 0 Å². The fourth-order valence-corrected chi connectivity index (χ4v) is 3.15. The third-order valence-electron chi connectivity index (χ3n) is 3.38. The number of hydrogen-bond donors (Lipinski definition) is 0. The molecule has 1 heterocycles. The Kier molecular flexibility index (Phi) is 3.37. The molecule has 0 spiro atoms. The van der Waals surface area contributed by atoms with E-state index in [0.29, 0.717) is 5.57 Å². The van der Waals surface area contributed by atoms with E-state index in [-0.39, 0.29) is 0 Å². The zero-order valence-corrected chi connectivity index (χ0v) is 11.9. The maximum atomic E-state index is 9.51. The van der Waals surface area contributed by atoms with Crippen molar-refractivity contribution >= 4 is 33.8 Å². The summed E-state index contributed by atoms with van der Waals surface area (Å²) in [6, 6.07) is 18.7. The highest BCUT2D eigenvalue weighted by molar-refractivity contribution is 7.11. The molecule has 1 aromatic heterocycles. The Morgan fingerprint density at radius 3 is 2.65 bits per heavy atom. The molecule has 3 aromatic rings. The van der Waals surface area contributed by atoms with Gasteiger partial charge in [0, 0.05) is 10.4 Å². The summed E-state index contributed by atoms with van der Waals surface area (Å²) in [5.74, 6) is 0. The molecule has 20 heavy (non-hydrogen) atoms. The van der Waals surface area contributed by atoms with Crippen molar-refractivity contribution < 1.29 is 0 Å². The predicted octanol–water partition coefficient (Wildman–Crippen LogP) is 5.27. The minimum Gasteiger partial charge on any atom is -0.192 e. The molecule has 0 unspecified atom stereocenters. The van der Waals surface area contributed by atoms with Crippen molar-refractivity contribution in [3.8, 4) is 6.07 Å². The van der Waals surface area contributed by atoms with Crippen LogP contribution >= 0.6 is 11.3 Å². The third-order valence-corrected chi connectivity index (χ3v) is 4.34. The molecule has 0 saturated carbocycles. The molecule has 96 valence electrons. The summed E-state index contributed by atoms with van der Waals surface area (Å²) in [5, 5.41) is 13.9. The maximum absolute atomic E-state index is 9.51. The van der Waals surface area contributed by atoms with Crippen LogP contribution in [0.2, 0.25) is 0 Å². The topological polar surface area (TPSA) is 23.8 Å². The van der Waals surface area contributed by atoms with Crippen molar-refractivity contribution in [2.75, 3.05) is 0 Å². The first kappa shape index (κ1) is 12.7. The third kappa shape index (κ3) is 2.24. The molecular formula is C18H13NS. The van der Waals surface area contributed by atoms with Gasteiger partial charge in [-0.2, -0.15) is 5.26 Å². The number of nitrogens with zero attached hydrogens (tertiary/aromatic N) is 1. The van der Waals surface area contributed by atoms with E-state index in [1.54, 1.807) is 11.3 Å². The lowest BCUT2D eigenvalue weighted by Gasteiger charge is -2.05. The van der Waals surface area contributed by atoms with Gasteiger partial charge in [0.25, 0.3) is 0 Å². The fraction of sp³-hybridized carbons (Fsp3) is 0.0556. The van der Waals surface area contributed by atoms with E-state index in [1.807, 2.05) is 30.3 Å². The second kappa shape index (κ2) is 5.32. The molecule has 0 aliphatic rings. The van der Waals surface area contributed by atoms with Gasteiger partial charge in [0.1, 0.15) is 0 Å². The summed E-state index contributed by atoms with van der Waals surface area (Å²) >= 11 is 1.67. The highest BCUT2D eigenvalue weighted by Crippen LogP contribution is 2.28. The van der Waals surface area contributed by atoms with Crippen LogP contribution in [0.5, 0.6) is 0 Å². The van der Waals surface area contributed by atoms with Crippen molar-refractivity contribution in [2.24, 2.45) is 0 Å². The van der Waals surface area contributed by atoms with E-state index >= 15 is 0 Å². The van der Waals surface area contributed by atoms with Crippen molar-refractivity contribution in [3.05, 3.63) is 69.9 Å². The molecule has 0 saturated heterocycles. The summed E-state index contributed by atoms with van der Waals surface area (Å²) in [6.07, 6.45) is 1.99. The minimum absolute atomic E-state index is 0.715. The van der Waals surface area contributed by atoms with Crippen LogP contribution in [0.1, 0.15) is 16.0 Å². The van der Waals surface area contributed by atoms with Gasteiger partial charge in [0.05, 0.1) is 11.6 Å². The predicted molar refractivity (Wildman–Crippen MR) is 86.5 cm³/mol. The quantitative estimate of drug-likeness (QED) is 0.584. The van der Waals surface area contributed by atoms with Crippen LogP contribution in [0.4, 0.5) is 0 Å². The largest absolute Gasteiger partial charge is 0.192 e. The molecule has 3 rings (SSSR count). The number of allylic oxidation sites excluding steroid dienone is 1. The average molecular weight is 275 g/mol. The minimum atomic E-state index is 0.715. The van der Waals surface area contributed by atoms with E-state index in [0.717, 1.165) is 21.2 Å². The van der Waals surface area contributed by atoms with Crippen LogP contribution in [0, 0.1) is 18.3 Å². The highest BCUT2D eigenvalue weighted by atomic mass is 32.1. The zero-order valence-electron chi connectivity index (χ0n) is 11.1. The molecule has 1 nitrogen and oxygen atoms in total. The number of benzene rings is 2. The molecule has 2 aromatic carbocycles. The van der Waals surface area contributed by atoms with Gasteiger partial charge in [-0.15, -0.1) is 11.3 Å². The van der Waals surface area contributed by atoms with E-state index in [4.69, 9.17) is 0 Å². The first-order valence-electron chi connectivity index (χ1n) is 6.43. The van der Waals surface area contributed by atoms with E-state index in [2.05, 4.69) is 42.6 Å². The number of thiophene rings is 1. The van der Waals surface area contributed by atoms with Crippen LogP contribution in [-0.4, -0.2) is 0 Å². The lowest BCUT2D eigenvalue weighted by molar-refractivity contribution is 1.52. The molecule has 0 bridgehead atoms. The first-order valence-corrected chi connectivity index (χ1v) is 7.31. The van der Waals surface area contributed by atoms with Gasteiger partial charge < -0.3 is 0 Å². The zero-order chi connectivity index (χ0) is 13.9. The Morgan fingerprint density at radius 2 is 1.90 bits per heavy atom. The van der Waals surface area contributed by atoms with Gasteiger partial charge in [-0.25, -0.2) is 0 Å². The highest BCUT2D eigenvalue weighted by Gasteiger charge is 2.07. The molecule has 0 amide bonds. The SMILES string of the molecule is Cc1ccsc1/C=C(/C#N)c1cccc2ccccc12. The van der Waals surface area contributed by atoms with Crippen molar-refractivity contribution in [2.45, 2.75) is 6.92 Å². The second-order valence-corrected chi connectivity index (χ2v) is 5.61. The van der Waals surface area contributed by atoms with Crippen LogP contribution in [0.15, 0.2) is 53.9 Å². The van der Waals surface area contributed by atoms with E-state index in [1.165, 1.54) is 5.56 Å². The fourth-order valence-electron chi connectivity index (χ4n) is 2.29. The number of rotatable bonds is 2. The standard InChI is InChI=1S/C18H13NS/c1-13-9-10-20-18(13)11-15(12-19)17-8-4-6-14-5-2-3-7-16(14)17/h2-11H,1H3/b15-11-. The summed E-state index contributed by atoms with van der Waals surface area (Å²) in [7, 11) is 0. The van der Waals surface area contributed by atoms with E-state index < -0.39 is 0 Å². The molecule has 0 aliphatic heterocycles. The Labute approximate surface area is 122 Å². The lowest BCUT2D eigenvalue weighted by atomic mass is 9.98. The van der Waals surface area contributed by atoms with Crippen LogP contribution in [0.3, 0.4) is 0 Å². The Bertz CT molecular complexity index is 828. The molecule has 0 aliphatic carbocycles. The summed E-state index contributed by atoms with van der Waals surface area (Å²) in [4.78, 5) is 1.15. The molecular weight excluding hydrogens is 262 g/mol. The number of fused-ring (bicyclic) bond motifs is 1. The maximum Gasteiger partial charge on any atom is 0.0998 e. The van der Waals surface area contributed by atoms with Crippen molar-refractivity contribution in [3.63, 3.8) is 0 Å². The summed E-state index contributed by atoms with van der Waals surface area (Å²) < 4.78 is 0. The summed E-state index contributed by atoms with van der Waals surface area (Å²) in [6.45, 7) is 2.07. The summed E-state index contributed by atoms with van der Waals surface area (Å²) in [5.41, 5.74) is 2.92. The van der Waals surface area contributed by atoms with Crippen molar-refractivity contribution in [1.29, 1.82) is 5.26 Å². The number of hydrogen-bond acceptors (Lipinski definition) is 2. The second-order valence-electron chi connectivity index (χ2n) is 4.66. The van der Waals surface area contributed by atoms with Crippen molar-refractivity contribution in [1.82, 2.24) is 0 Å². The average Bonchev–Trinajstić information content (AvgIpc) is 2.89. The van der Waals surface area contributed by atoms with Gasteiger partial charge in [0.15, 0.2) is 0 Å². The smallest absolute Gasteiger partial charge is 0.0998 e. The van der Waals surface area contributed by atoms with Gasteiger partial charge in [-0.05, 0) is 40.8 Å². The Morgan fingerprint density at radius 1 is 1.10 bits per heavy atom. The molecule has 0 atom stereocenters. The van der Waals surface area contributed by atoms with Gasteiger partial charge in [0.2, 0.25) is 0 Å². The number of aryl methyl sites for hydroxylation is 1. The van der Waals surface area contributed by atoms with E-state index in [9.17, 15) is 5.26 Å². The Balaban J connectivity index is 2.21. The van der Waals surface area contributed by atoms with Crippen LogP contribution in [0.25, 0.3) is 22.4 Å². The van der Waals surface area contributed by atoms with Gasteiger partial charge in [-0.1, -0.05) is 42.5 Å². The molecule has 0 radical (unpaired) electrons. The first-order chi connectivity index (χ1) is 9.79. The molecule has 0 N–H and O–H groups in total. The van der Waals surface area contributed by atoms with Crippen LogP contribution < -0.4 is 0 Å². The van der Waals surface area contributed by atoms with Gasteiger partial charge >= 0.3 is 0 Å². The lowest BCUT2D eigenvalue weighted by Crippen LogP contribution is -1.85.